The molecule has 2 aliphatic carbocycles. The van der Waals surface area contributed by atoms with Gasteiger partial charge in [0.1, 0.15) is 12.2 Å². The molecule has 2 N–H and O–H groups in total. The lowest BCUT2D eigenvalue weighted by atomic mass is 10.0. The van der Waals surface area contributed by atoms with Crippen LogP contribution in [0.25, 0.3) is 0 Å². The number of carboxylic acid groups (broad SMARTS) is 1. The van der Waals surface area contributed by atoms with Gasteiger partial charge in [0, 0.05) is 6.54 Å². The molecule has 1 aromatic rings. The number of carboxylic acids is 1. The van der Waals surface area contributed by atoms with Crippen molar-refractivity contribution in [2.75, 3.05) is 6.54 Å². The Bertz CT molecular complexity index is 511. The van der Waals surface area contributed by atoms with E-state index < -0.39 is 5.97 Å². The lowest BCUT2D eigenvalue weighted by Gasteiger charge is -2.14. The molecule has 0 spiro atoms. The van der Waals surface area contributed by atoms with Crippen LogP contribution in [0, 0.1) is 11.3 Å². The standard InChI is InChI=1S/C14H17NO4/c16-12(17)7-11-10(3-6-19-11)13(18)15-8-14(4-5-14)9-1-2-9/h3,6,9H,1-2,4-5,7-8H2,(H,15,18)(H,16,17). The maximum Gasteiger partial charge on any atom is 0.311 e. The summed E-state index contributed by atoms with van der Waals surface area (Å²) in [4.78, 5) is 22.7. The Balaban J connectivity index is 1.61. The zero-order chi connectivity index (χ0) is 13.5. The summed E-state index contributed by atoms with van der Waals surface area (Å²) in [6, 6.07) is 1.53. The number of amides is 1. The second kappa shape index (κ2) is 4.40. The average Bonchev–Trinajstić information content (AvgIpc) is 3.24. The highest BCUT2D eigenvalue weighted by Crippen LogP contribution is 2.60. The van der Waals surface area contributed by atoms with E-state index in [1.165, 1.54) is 38.0 Å². The monoisotopic (exact) mass is 263 g/mol. The van der Waals surface area contributed by atoms with E-state index in [4.69, 9.17) is 9.52 Å². The SMILES string of the molecule is O=C(O)Cc1occc1C(=O)NCC1(C2CC2)CC1. The van der Waals surface area contributed by atoms with Crippen LogP contribution in [0.3, 0.4) is 0 Å². The summed E-state index contributed by atoms with van der Waals surface area (Å²) in [5, 5.41) is 11.7. The molecule has 1 heterocycles. The first-order chi connectivity index (χ1) is 9.11. The summed E-state index contributed by atoms with van der Waals surface area (Å²) in [6.07, 6.45) is 6.07. The lowest BCUT2D eigenvalue weighted by Crippen LogP contribution is -2.31. The van der Waals surface area contributed by atoms with Crippen LogP contribution in [0.5, 0.6) is 0 Å². The van der Waals surface area contributed by atoms with Gasteiger partial charge in [-0.3, -0.25) is 9.59 Å². The molecule has 1 aromatic heterocycles. The Hall–Kier alpha value is -1.78. The third-order valence-corrected chi connectivity index (χ3v) is 4.24. The highest BCUT2D eigenvalue weighted by atomic mass is 16.4. The van der Waals surface area contributed by atoms with Crippen molar-refractivity contribution in [2.45, 2.75) is 32.1 Å². The Morgan fingerprint density at radius 1 is 1.42 bits per heavy atom. The molecule has 0 bridgehead atoms. The molecule has 1 amide bonds. The Labute approximate surface area is 111 Å². The number of carbonyl (C=O) groups is 2. The van der Waals surface area contributed by atoms with E-state index in [1.807, 2.05) is 0 Å². The van der Waals surface area contributed by atoms with Gasteiger partial charge in [-0.25, -0.2) is 0 Å². The van der Waals surface area contributed by atoms with E-state index in [2.05, 4.69) is 5.32 Å². The zero-order valence-corrected chi connectivity index (χ0v) is 10.6. The van der Waals surface area contributed by atoms with Gasteiger partial charge in [-0.15, -0.1) is 0 Å². The van der Waals surface area contributed by atoms with Crippen molar-refractivity contribution in [2.24, 2.45) is 11.3 Å². The third kappa shape index (κ3) is 2.50. The van der Waals surface area contributed by atoms with Crippen molar-refractivity contribution >= 4 is 11.9 Å². The molecule has 0 radical (unpaired) electrons. The van der Waals surface area contributed by atoms with Gasteiger partial charge < -0.3 is 14.8 Å². The van der Waals surface area contributed by atoms with Crippen LogP contribution in [-0.2, 0) is 11.2 Å². The molecule has 2 fully saturated rings. The second-order valence-corrected chi connectivity index (χ2v) is 5.65. The number of nitrogens with one attached hydrogen (secondary N) is 1. The zero-order valence-electron chi connectivity index (χ0n) is 10.6. The molecular weight excluding hydrogens is 246 g/mol. The fourth-order valence-corrected chi connectivity index (χ4v) is 2.75. The molecule has 0 saturated heterocycles. The van der Waals surface area contributed by atoms with Gasteiger partial charge in [-0.2, -0.15) is 0 Å². The Kier molecular flexibility index (Phi) is 2.84. The number of carbonyl (C=O) groups excluding carboxylic acids is 1. The highest BCUT2D eigenvalue weighted by Gasteiger charge is 2.53. The third-order valence-electron chi connectivity index (χ3n) is 4.24. The summed E-state index contributed by atoms with van der Waals surface area (Å²) in [5.74, 6) is -0.213. The van der Waals surface area contributed by atoms with Crippen LogP contribution in [0.4, 0.5) is 0 Å². The largest absolute Gasteiger partial charge is 0.481 e. The van der Waals surface area contributed by atoms with Crippen LogP contribution in [0.2, 0.25) is 0 Å². The van der Waals surface area contributed by atoms with Gasteiger partial charge in [0.15, 0.2) is 0 Å². The van der Waals surface area contributed by atoms with Gasteiger partial charge in [0.2, 0.25) is 0 Å². The number of furan rings is 1. The molecule has 19 heavy (non-hydrogen) atoms. The van der Waals surface area contributed by atoms with Gasteiger partial charge >= 0.3 is 5.97 Å². The molecule has 5 nitrogen and oxygen atoms in total. The van der Waals surface area contributed by atoms with Crippen molar-refractivity contribution in [1.29, 1.82) is 0 Å². The fourth-order valence-electron chi connectivity index (χ4n) is 2.75. The van der Waals surface area contributed by atoms with Gasteiger partial charge in [-0.1, -0.05) is 0 Å². The van der Waals surface area contributed by atoms with Crippen LogP contribution in [0.15, 0.2) is 16.7 Å². The summed E-state index contributed by atoms with van der Waals surface area (Å²) >= 11 is 0. The van der Waals surface area contributed by atoms with Crippen LogP contribution < -0.4 is 5.32 Å². The van der Waals surface area contributed by atoms with Gasteiger partial charge in [-0.05, 0) is 43.1 Å². The molecule has 2 aliphatic rings. The first kappa shape index (κ1) is 12.3. The minimum absolute atomic E-state index is 0.223. The van der Waals surface area contributed by atoms with Gasteiger partial charge in [0.25, 0.3) is 5.91 Å². The van der Waals surface area contributed by atoms with E-state index in [-0.39, 0.29) is 18.1 Å². The summed E-state index contributed by atoms with van der Waals surface area (Å²) in [7, 11) is 0. The van der Waals surface area contributed by atoms with E-state index in [0.29, 0.717) is 17.5 Å². The minimum atomic E-state index is -0.999. The normalized spacial score (nSPS) is 20.0. The van der Waals surface area contributed by atoms with Crippen LogP contribution >= 0.6 is 0 Å². The van der Waals surface area contributed by atoms with Crippen molar-refractivity contribution in [3.8, 4) is 0 Å². The molecule has 0 aromatic carbocycles. The van der Waals surface area contributed by atoms with E-state index in [0.717, 1.165) is 5.92 Å². The number of rotatable bonds is 6. The number of hydrogen-bond acceptors (Lipinski definition) is 3. The topological polar surface area (TPSA) is 79.5 Å². The lowest BCUT2D eigenvalue weighted by molar-refractivity contribution is -0.136. The quantitative estimate of drug-likeness (QED) is 0.820. The average molecular weight is 263 g/mol. The van der Waals surface area contributed by atoms with Crippen LogP contribution in [-0.4, -0.2) is 23.5 Å². The Morgan fingerprint density at radius 2 is 2.16 bits per heavy atom. The number of aliphatic carboxylic acids is 1. The number of hydrogen-bond donors (Lipinski definition) is 2. The summed E-state index contributed by atoms with van der Waals surface area (Å²) < 4.78 is 5.06. The fraction of sp³-hybridized carbons (Fsp3) is 0.571. The van der Waals surface area contributed by atoms with Crippen molar-refractivity contribution in [3.63, 3.8) is 0 Å². The first-order valence-corrected chi connectivity index (χ1v) is 6.67. The smallest absolute Gasteiger partial charge is 0.311 e. The predicted molar refractivity (Wildman–Crippen MR) is 66.8 cm³/mol. The first-order valence-electron chi connectivity index (χ1n) is 6.67. The van der Waals surface area contributed by atoms with Gasteiger partial charge in [0.05, 0.1) is 11.8 Å². The molecule has 102 valence electrons. The summed E-state index contributed by atoms with van der Waals surface area (Å²) in [6.45, 7) is 0.703. The molecule has 0 unspecified atom stereocenters. The van der Waals surface area contributed by atoms with E-state index >= 15 is 0 Å². The van der Waals surface area contributed by atoms with Crippen molar-refractivity contribution in [3.05, 3.63) is 23.7 Å². The molecule has 0 aliphatic heterocycles. The highest BCUT2D eigenvalue weighted by molar-refractivity contribution is 5.96. The van der Waals surface area contributed by atoms with Crippen molar-refractivity contribution < 1.29 is 19.1 Å². The van der Waals surface area contributed by atoms with Crippen molar-refractivity contribution in [1.82, 2.24) is 5.32 Å². The minimum Gasteiger partial charge on any atom is -0.481 e. The van der Waals surface area contributed by atoms with E-state index in [1.54, 1.807) is 0 Å². The maximum absolute atomic E-state index is 12.1. The maximum atomic E-state index is 12.1. The Morgan fingerprint density at radius 3 is 2.74 bits per heavy atom. The second-order valence-electron chi connectivity index (χ2n) is 5.65. The molecular formula is C14H17NO4. The molecule has 2 saturated carbocycles. The molecule has 5 heteroatoms. The van der Waals surface area contributed by atoms with E-state index in [9.17, 15) is 9.59 Å². The van der Waals surface area contributed by atoms with Crippen LogP contribution in [0.1, 0.15) is 41.8 Å². The molecule has 3 rings (SSSR count). The molecule has 0 atom stereocenters. The predicted octanol–water partition coefficient (Wildman–Crippen LogP) is 1.83. The summed E-state index contributed by atoms with van der Waals surface area (Å²) in [5.41, 5.74) is 0.681.